The minimum absolute atomic E-state index is 0.0102. The predicted molar refractivity (Wildman–Crippen MR) is 63.4 cm³/mol. The molecule has 3 rings (SSSR count). The van der Waals surface area contributed by atoms with Gasteiger partial charge in [-0.2, -0.15) is 0 Å². The Morgan fingerprint density at radius 2 is 2.22 bits per heavy atom. The molecule has 4 heteroatoms. The van der Waals surface area contributed by atoms with Crippen LogP contribution in [-0.2, 0) is 16.6 Å². The number of aliphatic carboxylic acids is 1. The van der Waals surface area contributed by atoms with Crippen LogP contribution in [-0.4, -0.2) is 17.7 Å². The van der Waals surface area contributed by atoms with Crippen molar-refractivity contribution in [3.05, 3.63) is 29.1 Å². The SMILES string of the molecule is O=C(O)CC1(c2c(F)ccc3c2OCCC3)CC1. The molecule has 0 aromatic heterocycles. The van der Waals surface area contributed by atoms with Crippen LogP contribution in [0.25, 0.3) is 0 Å². The molecule has 0 spiro atoms. The number of halogens is 1. The van der Waals surface area contributed by atoms with Gasteiger partial charge in [0.15, 0.2) is 0 Å². The quantitative estimate of drug-likeness (QED) is 0.897. The highest BCUT2D eigenvalue weighted by molar-refractivity contribution is 5.71. The van der Waals surface area contributed by atoms with Crippen LogP contribution in [0.1, 0.15) is 36.8 Å². The molecule has 0 saturated heterocycles. The number of carbonyl (C=O) groups is 1. The third-order valence-electron chi connectivity index (χ3n) is 3.90. The molecule has 1 aliphatic carbocycles. The van der Waals surface area contributed by atoms with Gasteiger partial charge in [0.2, 0.25) is 0 Å². The van der Waals surface area contributed by atoms with Crippen molar-refractivity contribution in [3.8, 4) is 5.75 Å². The minimum Gasteiger partial charge on any atom is -0.493 e. The second kappa shape index (κ2) is 3.97. The van der Waals surface area contributed by atoms with Crippen LogP contribution in [0.3, 0.4) is 0 Å². The van der Waals surface area contributed by atoms with E-state index in [-0.39, 0.29) is 12.2 Å². The normalized spacial score (nSPS) is 19.8. The summed E-state index contributed by atoms with van der Waals surface area (Å²) < 4.78 is 19.7. The molecule has 1 fully saturated rings. The summed E-state index contributed by atoms with van der Waals surface area (Å²) in [5.41, 5.74) is 0.981. The van der Waals surface area contributed by atoms with Crippen LogP contribution in [0, 0.1) is 5.82 Å². The maximum atomic E-state index is 14.1. The van der Waals surface area contributed by atoms with Crippen molar-refractivity contribution in [2.24, 2.45) is 0 Å². The first-order chi connectivity index (χ1) is 8.62. The van der Waals surface area contributed by atoms with E-state index < -0.39 is 11.4 Å². The van der Waals surface area contributed by atoms with Crippen LogP contribution in [0.5, 0.6) is 5.75 Å². The lowest BCUT2D eigenvalue weighted by molar-refractivity contribution is -0.137. The third kappa shape index (κ3) is 1.76. The Morgan fingerprint density at radius 3 is 2.89 bits per heavy atom. The summed E-state index contributed by atoms with van der Waals surface area (Å²) >= 11 is 0. The molecule has 18 heavy (non-hydrogen) atoms. The van der Waals surface area contributed by atoms with Gasteiger partial charge in [-0.3, -0.25) is 4.79 Å². The molecule has 2 aliphatic rings. The lowest BCUT2D eigenvalue weighted by atomic mass is 9.88. The van der Waals surface area contributed by atoms with Gasteiger partial charge in [-0.15, -0.1) is 0 Å². The molecule has 1 aromatic rings. The summed E-state index contributed by atoms with van der Waals surface area (Å²) in [5.74, 6) is -0.588. The second-order valence-corrected chi connectivity index (χ2v) is 5.21. The highest BCUT2D eigenvalue weighted by Crippen LogP contribution is 2.55. The maximum Gasteiger partial charge on any atom is 0.304 e. The molecule has 0 radical (unpaired) electrons. The number of fused-ring (bicyclic) bond motifs is 1. The average molecular weight is 250 g/mol. The maximum absolute atomic E-state index is 14.1. The van der Waals surface area contributed by atoms with E-state index in [2.05, 4.69) is 0 Å². The predicted octanol–water partition coefficient (Wildman–Crippen LogP) is 2.66. The minimum atomic E-state index is -0.875. The van der Waals surface area contributed by atoms with Gasteiger partial charge in [-0.05, 0) is 37.3 Å². The summed E-state index contributed by atoms with van der Waals surface area (Å²) in [6, 6.07) is 3.20. The summed E-state index contributed by atoms with van der Waals surface area (Å²) in [7, 11) is 0. The fraction of sp³-hybridized carbons (Fsp3) is 0.500. The van der Waals surface area contributed by atoms with E-state index >= 15 is 0 Å². The average Bonchev–Trinajstić information content (AvgIpc) is 3.08. The Hall–Kier alpha value is -1.58. The second-order valence-electron chi connectivity index (χ2n) is 5.21. The first kappa shape index (κ1) is 11.5. The van der Waals surface area contributed by atoms with Gasteiger partial charge in [-0.1, -0.05) is 6.07 Å². The number of carboxylic acid groups (broad SMARTS) is 1. The number of aryl methyl sites for hydroxylation is 1. The molecule has 3 nitrogen and oxygen atoms in total. The number of benzene rings is 1. The first-order valence-electron chi connectivity index (χ1n) is 6.29. The van der Waals surface area contributed by atoms with Crippen molar-refractivity contribution < 1.29 is 19.0 Å². The molecule has 0 atom stereocenters. The van der Waals surface area contributed by atoms with Gasteiger partial charge in [0, 0.05) is 11.0 Å². The molecule has 1 saturated carbocycles. The van der Waals surface area contributed by atoms with Crippen LogP contribution < -0.4 is 4.74 Å². The number of rotatable bonds is 3. The molecular formula is C14H15FO3. The van der Waals surface area contributed by atoms with Crippen molar-refractivity contribution in [2.45, 2.75) is 37.5 Å². The van der Waals surface area contributed by atoms with Crippen LogP contribution in [0.2, 0.25) is 0 Å². The fourth-order valence-corrected chi connectivity index (χ4v) is 2.85. The number of hydrogen-bond acceptors (Lipinski definition) is 2. The lowest BCUT2D eigenvalue weighted by Gasteiger charge is -2.24. The van der Waals surface area contributed by atoms with Crippen molar-refractivity contribution >= 4 is 5.97 Å². The fourth-order valence-electron chi connectivity index (χ4n) is 2.85. The lowest BCUT2D eigenvalue weighted by Crippen LogP contribution is -2.19. The van der Waals surface area contributed by atoms with E-state index in [9.17, 15) is 9.18 Å². The van der Waals surface area contributed by atoms with Gasteiger partial charge < -0.3 is 9.84 Å². The van der Waals surface area contributed by atoms with Crippen molar-refractivity contribution in [2.75, 3.05) is 6.61 Å². The Bertz CT molecular complexity index is 506. The van der Waals surface area contributed by atoms with Crippen LogP contribution in [0.15, 0.2) is 12.1 Å². The zero-order chi connectivity index (χ0) is 12.8. The van der Waals surface area contributed by atoms with Crippen LogP contribution >= 0.6 is 0 Å². The molecule has 1 aromatic carbocycles. The third-order valence-corrected chi connectivity index (χ3v) is 3.90. The number of carboxylic acids is 1. The first-order valence-corrected chi connectivity index (χ1v) is 6.29. The molecule has 96 valence electrons. The summed E-state index contributed by atoms with van der Waals surface area (Å²) in [6.45, 7) is 0.590. The molecule has 1 N–H and O–H groups in total. The van der Waals surface area contributed by atoms with E-state index in [0.717, 1.165) is 31.2 Å². The molecular weight excluding hydrogens is 235 g/mol. The van der Waals surface area contributed by atoms with Gasteiger partial charge in [0.1, 0.15) is 11.6 Å². The van der Waals surface area contributed by atoms with Crippen LogP contribution in [0.4, 0.5) is 4.39 Å². The Kier molecular flexibility index (Phi) is 2.54. The Balaban J connectivity index is 2.08. The smallest absolute Gasteiger partial charge is 0.304 e. The van der Waals surface area contributed by atoms with E-state index in [1.54, 1.807) is 6.07 Å². The van der Waals surface area contributed by atoms with E-state index in [4.69, 9.17) is 9.84 Å². The molecule has 0 amide bonds. The van der Waals surface area contributed by atoms with Gasteiger partial charge in [0.25, 0.3) is 0 Å². The number of hydrogen-bond donors (Lipinski definition) is 1. The van der Waals surface area contributed by atoms with Crippen molar-refractivity contribution in [3.63, 3.8) is 0 Å². The summed E-state index contributed by atoms with van der Waals surface area (Å²) in [5, 5.41) is 8.98. The summed E-state index contributed by atoms with van der Waals surface area (Å²) in [6.07, 6.45) is 3.27. The van der Waals surface area contributed by atoms with Crippen molar-refractivity contribution in [1.29, 1.82) is 0 Å². The monoisotopic (exact) mass is 250 g/mol. The zero-order valence-electron chi connectivity index (χ0n) is 10.0. The van der Waals surface area contributed by atoms with E-state index in [0.29, 0.717) is 17.9 Å². The van der Waals surface area contributed by atoms with Gasteiger partial charge >= 0.3 is 5.97 Å². The molecule has 0 bridgehead atoms. The van der Waals surface area contributed by atoms with Gasteiger partial charge in [-0.25, -0.2) is 4.39 Å². The highest BCUT2D eigenvalue weighted by atomic mass is 19.1. The molecule has 1 heterocycles. The zero-order valence-corrected chi connectivity index (χ0v) is 10.0. The summed E-state index contributed by atoms with van der Waals surface area (Å²) in [4.78, 5) is 10.9. The standard InChI is InChI=1S/C14H15FO3/c15-10-4-3-9-2-1-7-18-13(9)12(10)14(5-6-14)8-11(16)17/h3-4H,1-2,5-8H2,(H,16,17). The highest BCUT2D eigenvalue weighted by Gasteiger charge is 2.50. The Morgan fingerprint density at radius 1 is 1.44 bits per heavy atom. The Labute approximate surface area is 105 Å². The van der Waals surface area contributed by atoms with Gasteiger partial charge in [0.05, 0.1) is 13.0 Å². The molecule has 0 unspecified atom stereocenters. The molecule has 1 aliphatic heterocycles. The van der Waals surface area contributed by atoms with E-state index in [1.807, 2.05) is 0 Å². The topological polar surface area (TPSA) is 46.5 Å². The number of ether oxygens (including phenoxy) is 1. The largest absolute Gasteiger partial charge is 0.493 e. The van der Waals surface area contributed by atoms with E-state index in [1.165, 1.54) is 6.07 Å². The van der Waals surface area contributed by atoms with Crippen molar-refractivity contribution in [1.82, 2.24) is 0 Å².